The highest BCUT2D eigenvalue weighted by atomic mass is 16.5. The molecule has 0 atom stereocenters. The second-order valence-electron chi connectivity index (χ2n) is 7.02. The van der Waals surface area contributed by atoms with Gasteiger partial charge < -0.3 is 15.8 Å². The van der Waals surface area contributed by atoms with E-state index in [2.05, 4.69) is 28.1 Å². The van der Waals surface area contributed by atoms with Crippen LogP contribution in [0.2, 0.25) is 0 Å². The first kappa shape index (κ1) is 20.6. The molecule has 0 saturated heterocycles. The number of nitrogens with two attached hydrogens (primary N) is 1. The molecular formula is C22H28N6O. The minimum absolute atomic E-state index is 0.330. The van der Waals surface area contributed by atoms with E-state index in [9.17, 15) is 0 Å². The number of imidazole rings is 1. The number of fused-ring (bicyclic) bond motifs is 1. The molecule has 3 aromatic heterocycles. The van der Waals surface area contributed by atoms with Gasteiger partial charge in [-0.3, -0.25) is 0 Å². The maximum Gasteiger partial charge on any atom is 0.157 e. The number of unbranched alkanes of at least 4 members (excludes halogenated alkanes) is 1. The summed E-state index contributed by atoms with van der Waals surface area (Å²) in [4.78, 5) is 8.77. The van der Waals surface area contributed by atoms with Gasteiger partial charge in [0.1, 0.15) is 23.0 Å². The number of aromatic nitrogens is 4. The van der Waals surface area contributed by atoms with E-state index in [4.69, 9.17) is 22.0 Å². The van der Waals surface area contributed by atoms with E-state index >= 15 is 0 Å². The third-order valence-electron chi connectivity index (χ3n) is 4.79. The Labute approximate surface area is 171 Å². The average Bonchev–Trinajstić information content (AvgIpc) is 3.51. The van der Waals surface area contributed by atoms with Gasteiger partial charge in [-0.2, -0.15) is 5.10 Å². The third kappa shape index (κ3) is 4.66. The molecular weight excluding hydrogens is 364 g/mol. The van der Waals surface area contributed by atoms with Gasteiger partial charge in [0.05, 0.1) is 24.6 Å². The summed E-state index contributed by atoms with van der Waals surface area (Å²) in [5.74, 6) is 4.09. The molecule has 3 N–H and O–H groups in total. The van der Waals surface area contributed by atoms with Gasteiger partial charge in [-0.1, -0.05) is 19.3 Å². The predicted octanol–water partition coefficient (Wildman–Crippen LogP) is 3.25. The Hall–Kier alpha value is -3.11. The zero-order valence-electron chi connectivity index (χ0n) is 17.3. The molecule has 0 amide bonds. The van der Waals surface area contributed by atoms with Gasteiger partial charge in [0, 0.05) is 12.0 Å². The number of pyridine rings is 1. The Morgan fingerprint density at radius 3 is 2.72 bits per heavy atom. The number of methoxy groups -OCH3 is 1. The molecule has 7 heteroatoms. The van der Waals surface area contributed by atoms with Crippen molar-refractivity contribution in [2.24, 2.45) is 0 Å². The number of hydrogen-bond donors (Lipinski definition) is 2. The van der Waals surface area contributed by atoms with Crippen LogP contribution in [0.1, 0.15) is 49.8 Å². The lowest BCUT2D eigenvalue weighted by Crippen LogP contribution is -2.06. The van der Waals surface area contributed by atoms with Crippen LogP contribution in [0, 0.1) is 12.3 Å². The van der Waals surface area contributed by atoms with Crippen LogP contribution in [0.15, 0.2) is 24.4 Å². The number of terminal acetylenes is 1. The minimum Gasteiger partial charge on any atom is -0.495 e. The van der Waals surface area contributed by atoms with Crippen molar-refractivity contribution < 1.29 is 4.74 Å². The van der Waals surface area contributed by atoms with Crippen molar-refractivity contribution in [3.05, 3.63) is 35.7 Å². The van der Waals surface area contributed by atoms with Crippen molar-refractivity contribution in [1.82, 2.24) is 24.9 Å². The minimum atomic E-state index is 0.330. The molecule has 7 nitrogen and oxygen atoms in total. The fraction of sp³-hybridized carbons (Fsp3) is 0.409. The molecule has 1 saturated carbocycles. The molecule has 0 aliphatic heterocycles. The van der Waals surface area contributed by atoms with Crippen molar-refractivity contribution in [3.8, 4) is 29.5 Å². The summed E-state index contributed by atoms with van der Waals surface area (Å²) in [6, 6.07) is 5.52. The molecule has 1 aliphatic carbocycles. The molecule has 0 radical (unpaired) electrons. The van der Waals surface area contributed by atoms with E-state index in [1.165, 1.54) is 12.8 Å². The Morgan fingerprint density at radius 1 is 1.38 bits per heavy atom. The topological polar surface area (TPSA) is 90.4 Å². The second-order valence-corrected chi connectivity index (χ2v) is 7.02. The van der Waals surface area contributed by atoms with Gasteiger partial charge in [-0.15, -0.1) is 6.42 Å². The third-order valence-corrected chi connectivity index (χ3v) is 4.79. The number of hydrogen-bond acceptors (Lipinski definition) is 6. The number of nitrogens with one attached hydrogen (secondary N) is 1. The maximum atomic E-state index is 5.89. The number of ether oxygens (including phenoxy) is 1. The van der Waals surface area contributed by atoms with Gasteiger partial charge in [-0.05, 0) is 45.0 Å². The van der Waals surface area contributed by atoms with E-state index in [1.807, 2.05) is 19.2 Å². The highest BCUT2D eigenvalue weighted by Gasteiger charge is 2.29. The molecule has 29 heavy (non-hydrogen) atoms. The lowest BCUT2D eigenvalue weighted by Gasteiger charge is -2.08. The number of nitrogen functional groups attached to an aromatic ring is 1. The first-order valence-electron chi connectivity index (χ1n) is 9.93. The number of nitrogens with zero attached hydrogens (tertiary/aromatic N) is 4. The smallest absolute Gasteiger partial charge is 0.157 e. The SMILES string of the molecule is C#Cc1ccc(-c2cnc3cc(OC)c(C4CC4)nn23)nc1N.CCCCNC. The van der Waals surface area contributed by atoms with Gasteiger partial charge in [0.25, 0.3) is 0 Å². The van der Waals surface area contributed by atoms with Gasteiger partial charge in [0.15, 0.2) is 5.65 Å². The molecule has 3 heterocycles. The Bertz CT molecular complexity index is 1010. The molecule has 0 bridgehead atoms. The Morgan fingerprint density at radius 2 is 2.17 bits per heavy atom. The van der Waals surface area contributed by atoms with Gasteiger partial charge in [0.2, 0.25) is 0 Å². The molecule has 1 aliphatic rings. The van der Waals surface area contributed by atoms with Crippen molar-refractivity contribution >= 4 is 11.5 Å². The standard InChI is InChI=1S/C17H15N5O.C5H13N/c1-3-10-6-7-12(20-17(10)18)13-9-19-15-8-14(23-2)16(11-4-5-11)21-22(13)15;1-3-4-5-6-2/h1,6-9,11H,4-5H2,2H3,(H2,18,20);6H,3-5H2,1-2H3. The zero-order valence-corrected chi connectivity index (χ0v) is 17.3. The second kappa shape index (κ2) is 9.39. The Kier molecular flexibility index (Phi) is 6.68. The predicted molar refractivity (Wildman–Crippen MR) is 116 cm³/mol. The first-order chi connectivity index (χ1) is 14.1. The molecule has 1 fully saturated rings. The zero-order chi connectivity index (χ0) is 20.8. The fourth-order valence-corrected chi connectivity index (χ4v) is 2.98. The lowest BCUT2D eigenvalue weighted by atomic mass is 10.2. The van der Waals surface area contributed by atoms with E-state index in [1.54, 1.807) is 23.9 Å². The summed E-state index contributed by atoms with van der Waals surface area (Å²) in [6.45, 7) is 3.36. The molecule has 3 aromatic rings. The van der Waals surface area contributed by atoms with Crippen LogP contribution in [-0.2, 0) is 0 Å². The van der Waals surface area contributed by atoms with Crippen LogP contribution >= 0.6 is 0 Å². The molecule has 0 spiro atoms. The van der Waals surface area contributed by atoms with Gasteiger partial charge >= 0.3 is 0 Å². The van der Waals surface area contributed by atoms with E-state index < -0.39 is 0 Å². The summed E-state index contributed by atoms with van der Waals surface area (Å²) >= 11 is 0. The molecule has 0 aromatic carbocycles. The number of rotatable bonds is 6. The van der Waals surface area contributed by atoms with Crippen molar-refractivity contribution in [3.63, 3.8) is 0 Å². The van der Waals surface area contributed by atoms with Crippen molar-refractivity contribution in [2.45, 2.75) is 38.5 Å². The van der Waals surface area contributed by atoms with Crippen LogP contribution in [0.5, 0.6) is 5.75 Å². The van der Waals surface area contributed by atoms with Gasteiger partial charge in [-0.25, -0.2) is 14.5 Å². The van der Waals surface area contributed by atoms with Crippen LogP contribution in [0.25, 0.3) is 17.0 Å². The highest BCUT2D eigenvalue weighted by molar-refractivity contribution is 5.64. The maximum absolute atomic E-state index is 5.89. The molecule has 0 unspecified atom stereocenters. The van der Waals surface area contributed by atoms with E-state index in [0.717, 1.165) is 36.5 Å². The summed E-state index contributed by atoms with van der Waals surface area (Å²) in [5, 5.41) is 7.79. The van der Waals surface area contributed by atoms with Crippen molar-refractivity contribution in [1.29, 1.82) is 0 Å². The largest absolute Gasteiger partial charge is 0.495 e. The van der Waals surface area contributed by atoms with E-state index in [-0.39, 0.29) is 0 Å². The van der Waals surface area contributed by atoms with Crippen molar-refractivity contribution in [2.75, 3.05) is 26.4 Å². The quantitative estimate of drug-likeness (QED) is 0.494. The highest BCUT2D eigenvalue weighted by Crippen LogP contribution is 2.43. The molecule has 4 rings (SSSR count). The van der Waals surface area contributed by atoms with Crippen LogP contribution in [0.4, 0.5) is 5.82 Å². The van der Waals surface area contributed by atoms with E-state index in [0.29, 0.717) is 28.6 Å². The summed E-state index contributed by atoms with van der Waals surface area (Å²) in [7, 11) is 3.64. The average molecular weight is 393 g/mol. The number of anilines is 1. The Balaban J connectivity index is 0.000000353. The monoisotopic (exact) mass is 392 g/mol. The van der Waals surface area contributed by atoms with Crippen LogP contribution in [-0.4, -0.2) is 40.3 Å². The normalized spacial score (nSPS) is 12.9. The summed E-state index contributed by atoms with van der Waals surface area (Å²) < 4.78 is 7.23. The van der Waals surface area contributed by atoms with Crippen LogP contribution < -0.4 is 15.8 Å². The summed E-state index contributed by atoms with van der Waals surface area (Å²) in [6.07, 6.45) is 12.0. The van der Waals surface area contributed by atoms with Crippen LogP contribution in [0.3, 0.4) is 0 Å². The first-order valence-corrected chi connectivity index (χ1v) is 9.93. The lowest BCUT2D eigenvalue weighted by molar-refractivity contribution is 0.405. The summed E-state index contributed by atoms with van der Waals surface area (Å²) in [5.41, 5.74) is 9.61. The fourth-order valence-electron chi connectivity index (χ4n) is 2.98. The molecule has 152 valence electrons.